The Bertz CT molecular complexity index is 977. The van der Waals surface area contributed by atoms with Crippen LogP contribution < -0.4 is 10.9 Å². The number of hydrogen-bond donors (Lipinski definition) is 1. The average Bonchev–Trinajstić information content (AvgIpc) is 2.75. The van der Waals surface area contributed by atoms with E-state index in [0.717, 1.165) is 16.9 Å². The third kappa shape index (κ3) is 3.37. The molecule has 0 bridgehead atoms. The fourth-order valence-electron chi connectivity index (χ4n) is 3.06. The van der Waals surface area contributed by atoms with Crippen LogP contribution in [0.15, 0.2) is 109 Å². The minimum Gasteiger partial charge on any atom is -0.280 e. The zero-order chi connectivity index (χ0) is 17.8. The summed E-state index contributed by atoms with van der Waals surface area (Å²) in [5, 5.41) is 1.72. The topological polar surface area (TPSA) is 29.3 Å². The van der Waals surface area contributed by atoms with E-state index in [1.54, 1.807) is 5.01 Å². The second-order valence-corrected chi connectivity index (χ2v) is 6.20. The lowest BCUT2D eigenvalue weighted by Crippen LogP contribution is -2.24. The Balaban J connectivity index is 1.61. The number of benzene rings is 4. The first-order valence-electron chi connectivity index (χ1n) is 8.67. The van der Waals surface area contributed by atoms with Crippen molar-refractivity contribution in [3.8, 4) is 22.3 Å². The van der Waals surface area contributed by atoms with Crippen molar-refractivity contribution in [2.45, 2.75) is 0 Å². The predicted molar refractivity (Wildman–Crippen MR) is 110 cm³/mol. The van der Waals surface area contributed by atoms with Crippen molar-refractivity contribution in [2.75, 3.05) is 5.01 Å². The quantitative estimate of drug-likeness (QED) is 0.364. The van der Waals surface area contributed by atoms with E-state index in [9.17, 15) is 0 Å². The Kier molecular flexibility index (Phi) is 4.50. The Labute approximate surface area is 154 Å². The van der Waals surface area contributed by atoms with Gasteiger partial charge < -0.3 is 0 Å². The monoisotopic (exact) mass is 336 g/mol. The molecule has 0 aliphatic rings. The Morgan fingerprint density at radius 2 is 0.923 bits per heavy atom. The fraction of sp³-hybridized carbons (Fsp3) is 0. The van der Waals surface area contributed by atoms with Crippen molar-refractivity contribution in [3.63, 3.8) is 0 Å². The smallest absolute Gasteiger partial charge is 0.0581 e. The van der Waals surface area contributed by atoms with E-state index >= 15 is 0 Å². The molecule has 26 heavy (non-hydrogen) atoms. The maximum Gasteiger partial charge on any atom is 0.0581 e. The molecule has 2 nitrogen and oxygen atoms in total. The molecule has 0 atom stereocenters. The Morgan fingerprint density at radius 3 is 1.54 bits per heavy atom. The van der Waals surface area contributed by atoms with Gasteiger partial charge in [-0.3, -0.25) is 5.01 Å². The number of anilines is 2. The highest BCUT2D eigenvalue weighted by Gasteiger charge is 2.07. The van der Waals surface area contributed by atoms with Gasteiger partial charge in [0.1, 0.15) is 0 Å². The van der Waals surface area contributed by atoms with Crippen LogP contribution in [0.25, 0.3) is 22.3 Å². The molecule has 0 spiro atoms. The van der Waals surface area contributed by atoms with Crippen LogP contribution in [0.1, 0.15) is 0 Å². The second-order valence-electron chi connectivity index (χ2n) is 6.20. The molecule has 0 saturated heterocycles. The molecule has 0 unspecified atom stereocenters. The maximum atomic E-state index is 6.39. The van der Waals surface area contributed by atoms with Gasteiger partial charge >= 0.3 is 0 Å². The van der Waals surface area contributed by atoms with E-state index in [1.807, 2.05) is 48.5 Å². The summed E-state index contributed by atoms with van der Waals surface area (Å²) in [6.45, 7) is 0. The van der Waals surface area contributed by atoms with E-state index < -0.39 is 0 Å². The molecule has 0 aliphatic carbocycles. The molecule has 0 heterocycles. The zero-order valence-electron chi connectivity index (χ0n) is 14.4. The Hall–Kier alpha value is -3.36. The maximum absolute atomic E-state index is 6.39. The summed E-state index contributed by atoms with van der Waals surface area (Å²) in [4.78, 5) is 0. The Morgan fingerprint density at radius 1 is 0.423 bits per heavy atom. The first-order valence-corrected chi connectivity index (χ1v) is 8.67. The molecule has 4 rings (SSSR count). The standard InChI is InChI=1S/C24H20N2/c25-26(23-16-14-21(15-17-23)19-8-3-1-4-9-19)24-13-7-12-22(18-24)20-10-5-2-6-11-20/h1-18H,25H2. The molecule has 0 aliphatic heterocycles. The SMILES string of the molecule is NN(c1ccc(-c2ccccc2)cc1)c1cccc(-c2ccccc2)c1. The number of hydrogen-bond acceptors (Lipinski definition) is 2. The molecule has 126 valence electrons. The first-order chi connectivity index (χ1) is 12.8. The number of nitrogens with two attached hydrogens (primary N) is 1. The zero-order valence-corrected chi connectivity index (χ0v) is 14.4. The summed E-state index contributed by atoms with van der Waals surface area (Å²) < 4.78 is 0. The lowest BCUT2D eigenvalue weighted by molar-refractivity contribution is 1.09. The van der Waals surface area contributed by atoms with Crippen LogP contribution in [0.3, 0.4) is 0 Å². The highest BCUT2D eigenvalue weighted by Crippen LogP contribution is 2.29. The largest absolute Gasteiger partial charge is 0.280 e. The van der Waals surface area contributed by atoms with Crippen molar-refractivity contribution < 1.29 is 0 Å². The number of hydrazine groups is 1. The lowest BCUT2D eigenvalue weighted by Gasteiger charge is -2.20. The third-order valence-corrected chi connectivity index (χ3v) is 4.48. The number of rotatable bonds is 4. The summed E-state index contributed by atoms with van der Waals surface area (Å²) in [6.07, 6.45) is 0. The molecular formula is C24H20N2. The van der Waals surface area contributed by atoms with Gasteiger partial charge in [-0.25, -0.2) is 5.84 Å². The molecule has 0 aromatic heterocycles. The van der Waals surface area contributed by atoms with Crippen molar-refractivity contribution in [1.29, 1.82) is 0 Å². The van der Waals surface area contributed by atoms with Crippen LogP contribution in [-0.2, 0) is 0 Å². The van der Waals surface area contributed by atoms with Gasteiger partial charge in [-0.15, -0.1) is 0 Å². The van der Waals surface area contributed by atoms with E-state index in [4.69, 9.17) is 5.84 Å². The van der Waals surface area contributed by atoms with E-state index in [0.29, 0.717) is 0 Å². The van der Waals surface area contributed by atoms with Crippen LogP contribution in [0.5, 0.6) is 0 Å². The van der Waals surface area contributed by atoms with Gasteiger partial charge in [-0.2, -0.15) is 0 Å². The molecule has 2 N–H and O–H groups in total. The van der Waals surface area contributed by atoms with Crippen molar-refractivity contribution in [1.82, 2.24) is 0 Å². The molecular weight excluding hydrogens is 316 g/mol. The van der Waals surface area contributed by atoms with Gasteiger partial charge in [0.05, 0.1) is 11.4 Å². The van der Waals surface area contributed by atoms with Crippen LogP contribution in [0.4, 0.5) is 11.4 Å². The highest BCUT2D eigenvalue weighted by molar-refractivity contribution is 5.73. The van der Waals surface area contributed by atoms with E-state index in [2.05, 4.69) is 60.7 Å². The summed E-state index contributed by atoms with van der Waals surface area (Å²) >= 11 is 0. The van der Waals surface area contributed by atoms with Crippen molar-refractivity contribution >= 4 is 11.4 Å². The number of nitrogens with zero attached hydrogens (tertiary/aromatic N) is 1. The van der Waals surface area contributed by atoms with E-state index in [-0.39, 0.29) is 0 Å². The van der Waals surface area contributed by atoms with Gasteiger partial charge in [0.15, 0.2) is 0 Å². The first kappa shape index (κ1) is 16.1. The molecule has 0 saturated carbocycles. The highest BCUT2D eigenvalue weighted by atomic mass is 15.4. The summed E-state index contributed by atoms with van der Waals surface area (Å²) in [5.41, 5.74) is 6.63. The van der Waals surface area contributed by atoms with Gasteiger partial charge in [0.2, 0.25) is 0 Å². The van der Waals surface area contributed by atoms with Crippen LogP contribution in [-0.4, -0.2) is 0 Å². The minimum absolute atomic E-state index is 0.954. The van der Waals surface area contributed by atoms with Crippen LogP contribution in [0.2, 0.25) is 0 Å². The van der Waals surface area contributed by atoms with Gasteiger partial charge in [-0.05, 0) is 46.5 Å². The van der Waals surface area contributed by atoms with Gasteiger partial charge in [0, 0.05) is 0 Å². The summed E-state index contributed by atoms with van der Waals surface area (Å²) in [6, 6.07) is 37.3. The molecule has 4 aromatic carbocycles. The summed E-state index contributed by atoms with van der Waals surface area (Å²) in [7, 11) is 0. The lowest BCUT2D eigenvalue weighted by atomic mass is 10.0. The average molecular weight is 336 g/mol. The minimum atomic E-state index is 0.954. The third-order valence-electron chi connectivity index (χ3n) is 4.48. The van der Waals surface area contributed by atoms with Gasteiger partial charge in [-0.1, -0.05) is 84.9 Å². The molecule has 2 heteroatoms. The fourth-order valence-corrected chi connectivity index (χ4v) is 3.06. The molecule has 0 amide bonds. The molecule has 4 aromatic rings. The molecule has 0 fully saturated rings. The molecule has 0 radical (unpaired) electrons. The van der Waals surface area contributed by atoms with Crippen molar-refractivity contribution in [2.24, 2.45) is 5.84 Å². The van der Waals surface area contributed by atoms with Crippen LogP contribution in [0, 0.1) is 0 Å². The predicted octanol–water partition coefficient (Wildman–Crippen LogP) is 6.03. The van der Waals surface area contributed by atoms with E-state index in [1.165, 1.54) is 16.7 Å². The van der Waals surface area contributed by atoms with Gasteiger partial charge in [0.25, 0.3) is 0 Å². The normalized spacial score (nSPS) is 10.5. The van der Waals surface area contributed by atoms with Crippen LogP contribution >= 0.6 is 0 Å². The van der Waals surface area contributed by atoms with Crippen molar-refractivity contribution in [3.05, 3.63) is 109 Å². The summed E-state index contributed by atoms with van der Waals surface area (Å²) in [5.74, 6) is 6.39. The second kappa shape index (κ2) is 7.26.